The molecule has 0 saturated heterocycles. The summed E-state index contributed by atoms with van der Waals surface area (Å²) in [6.45, 7) is 0.350. The molecule has 0 spiro atoms. The quantitative estimate of drug-likeness (QED) is 0.759. The average Bonchev–Trinajstić information content (AvgIpc) is 2.32. The highest BCUT2D eigenvalue weighted by molar-refractivity contribution is 5.38. The van der Waals surface area contributed by atoms with Crippen molar-refractivity contribution in [3.05, 3.63) is 59.8 Å². The Labute approximate surface area is 98.5 Å². The Hall–Kier alpha value is -1.97. The zero-order valence-electron chi connectivity index (χ0n) is 9.40. The van der Waals surface area contributed by atoms with E-state index in [2.05, 4.69) is 4.98 Å². The first-order valence-electron chi connectivity index (χ1n) is 5.24. The van der Waals surface area contributed by atoms with Crippen molar-refractivity contribution < 1.29 is 8.78 Å². The van der Waals surface area contributed by atoms with Gasteiger partial charge in [0, 0.05) is 19.2 Å². The fourth-order valence-electron chi connectivity index (χ4n) is 1.57. The third kappa shape index (κ3) is 2.78. The van der Waals surface area contributed by atoms with Crippen molar-refractivity contribution in [2.45, 2.75) is 6.54 Å². The van der Waals surface area contributed by atoms with Crippen LogP contribution in [0.5, 0.6) is 0 Å². The Morgan fingerprint density at radius 3 is 2.53 bits per heavy atom. The van der Waals surface area contributed by atoms with Crippen LogP contribution in [0.2, 0.25) is 0 Å². The van der Waals surface area contributed by atoms with Crippen LogP contribution in [0.15, 0.2) is 42.5 Å². The Balaban J connectivity index is 2.17. The van der Waals surface area contributed by atoms with Crippen LogP contribution in [-0.4, -0.2) is 12.0 Å². The van der Waals surface area contributed by atoms with Gasteiger partial charge in [0.05, 0.1) is 0 Å². The Morgan fingerprint density at radius 2 is 1.82 bits per heavy atom. The van der Waals surface area contributed by atoms with E-state index in [1.165, 1.54) is 12.1 Å². The van der Waals surface area contributed by atoms with Gasteiger partial charge < -0.3 is 4.90 Å². The van der Waals surface area contributed by atoms with E-state index in [0.717, 1.165) is 0 Å². The molecule has 0 saturated carbocycles. The van der Waals surface area contributed by atoms with Gasteiger partial charge in [-0.1, -0.05) is 24.3 Å². The molecule has 0 amide bonds. The molecule has 0 aliphatic heterocycles. The van der Waals surface area contributed by atoms with Crippen LogP contribution in [0.1, 0.15) is 5.56 Å². The molecule has 0 N–H and O–H groups in total. The van der Waals surface area contributed by atoms with Crippen LogP contribution in [0.3, 0.4) is 0 Å². The van der Waals surface area contributed by atoms with E-state index in [-0.39, 0.29) is 5.82 Å². The SMILES string of the molecule is CN(Cc1ccccc1F)c1cccc(F)n1. The number of anilines is 1. The summed E-state index contributed by atoms with van der Waals surface area (Å²) >= 11 is 0. The molecule has 17 heavy (non-hydrogen) atoms. The number of benzene rings is 1. The van der Waals surface area contributed by atoms with Crippen molar-refractivity contribution in [2.24, 2.45) is 0 Å². The number of aromatic nitrogens is 1. The first-order chi connectivity index (χ1) is 8.16. The second-order valence-electron chi connectivity index (χ2n) is 3.77. The van der Waals surface area contributed by atoms with E-state index < -0.39 is 5.95 Å². The molecule has 0 unspecified atom stereocenters. The normalized spacial score (nSPS) is 10.3. The van der Waals surface area contributed by atoms with Gasteiger partial charge in [-0.25, -0.2) is 9.37 Å². The molecule has 88 valence electrons. The number of hydrogen-bond donors (Lipinski definition) is 0. The first kappa shape index (κ1) is 11.5. The topological polar surface area (TPSA) is 16.1 Å². The first-order valence-corrected chi connectivity index (χ1v) is 5.24. The number of hydrogen-bond acceptors (Lipinski definition) is 2. The molecule has 1 aromatic carbocycles. The summed E-state index contributed by atoms with van der Waals surface area (Å²) in [5, 5.41) is 0. The third-order valence-corrected chi connectivity index (χ3v) is 2.46. The predicted octanol–water partition coefficient (Wildman–Crippen LogP) is 3.00. The molecule has 2 rings (SSSR count). The summed E-state index contributed by atoms with van der Waals surface area (Å²) in [4.78, 5) is 5.43. The van der Waals surface area contributed by atoms with Crippen LogP contribution >= 0.6 is 0 Å². The fraction of sp³-hybridized carbons (Fsp3) is 0.154. The molecule has 0 aliphatic rings. The van der Waals surface area contributed by atoms with Gasteiger partial charge in [-0.15, -0.1) is 0 Å². The molecule has 0 fully saturated rings. The Morgan fingerprint density at radius 1 is 1.06 bits per heavy atom. The van der Waals surface area contributed by atoms with Crippen molar-refractivity contribution in [2.75, 3.05) is 11.9 Å². The molecule has 1 heterocycles. The number of nitrogens with zero attached hydrogens (tertiary/aromatic N) is 2. The second-order valence-corrected chi connectivity index (χ2v) is 3.77. The van der Waals surface area contributed by atoms with Crippen molar-refractivity contribution in [3.8, 4) is 0 Å². The lowest BCUT2D eigenvalue weighted by molar-refractivity contribution is 0.580. The Kier molecular flexibility index (Phi) is 3.32. The van der Waals surface area contributed by atoms with E-state index in [1.54, 1.807) is 42.3 Å². The monoisotopic (exact) mass is 234 g/mol. The van der Waals surface area contributed by atoms with E-state index in [1.807, 2.05) is 0 Å². The van der Waals surface area contributed by atoms with Crippen LogP contribution in [0.4, 0.5) is 14.6 Å². The predicted molar refractivity (Wildman–Crippen MR) is 62.7 cm³/mol. The standard InChI is InChI=1S/C13H12F2N2/c1-17(13-8-4-7-12(15)16-13)9-10-5-2-3-6-11(10)14/h2-8H,9H2,1H3. The number of halogens is 2. The van der Waals surface area contributed by atoms with E-state index in [4.69, 9.17) is 0 Å². The highest BCUT2D eigenvalue weighted by atomic mass is 19.1. The lowest BCUT2D eigenvalue weighted by Crippen LogP contribution is -2.18. The maximum Gasteiger partial charge on any atom is 0.214 e. The maximum absolute atomic E-state index is 13.4. The summed E-state index contributed by atoms with van der Waals surface area (Å²) in [5.41, 5.74) is 0.557. The van der Waals surface area contributed by atoms with Crippen LogP contribution < -0.4 is 4.90 Å². The fourth-order valence-corrected chi connectivity index (χ4v) is 1.57. The summed E-state index contributed by atoms with van der Waals surface area (Å²) < 4.78 is 26.4. The summed E-state index contributed by atoms with van der Waals surface area (Å²) in [7, 11) is 1.74. The van der Waals surface area contributed by atoms with Crippen LogP contribution in [-0.2, 0) is 6.54 Å². The van der Waals surface area contributed by atoms with Gasteiger partial charge in [-0.3, -0.25) is 0 Å². The smallest absolute Gasteiger partial charge is 0.214 e. The summed E-state index contributed by atoms with van der Waals surface area (Å²) in [5.74, 6) is -0.327. The molecule has 1 aromatic heterocycles. The molecule has 0 atom stereocenters. The van der Waals surface area contributed by atoms with Gasteiger partial charge in [0.25, 0.3) is 0 Å². The van der Waals surface area contributed by atoms with Gasteiger partial charge in [-0.2, -0.15) is 4.39 Å². The van der Waals surface area contributed by atoms with Gasteiger partial charge in [-0.05, 0) is 18.2 Å². The lowest BCUT2D eigenvalue weighted by Gasteiger charge is -2.18. The molecule has 0 radical (unpaired) electrons. The number of pyridine rings is 1. The van der Waals surface area contributed by atoms with Gasteiger partial charge in [0.2, 0.25) is 5.95 Å². The van der Waals surface area contributed by atoms with Crippen LogP contribution in [0.25, 0.3) is 0 Å². The zero-order valence-corrected chi connectivity index (χ0v) is 9.40. The lowest BCUT2D eigenvalue weighted by atomic mass is 10.2. The van der Waals surface area contributed by atoms with E-state index >= 15 is 0 Å². The molecule has 4 heteroatoms. The number of rotatable bonds is 3. The summed E-state index contributed by atoms with van der Waals surface area (Å²) in [6, 6.07) is 11.1. The zero-order chi connectivity index (χ0) is 12.3. The van der Waals surface area contributed by atoms with E-state index in [9.17, 15) is 8.78 Å². The van der Waals surface area contributed by atoms with Crippen molar-refractivity contribution in [1.29, 1.82) is 0 Å². The highest BCUT2D eigenvalue weighted by Gasteiger charge is 2.07. The largest absolute Gasteiger partial charge is 0.355 e. The molecular weight excluding hydrogens is 222 g/mol. The minimum atomic E-state index is -0.539. The van der Waals surface area contributed by atoms with Crippen LogP contribution in [0, 0.1) is 11.8 Å². The van der Waals surface area contributed by atoms with Gasteiger partial charge in [0.1, 0.15) is 11.6 Å². The van der Waals surface area contributed by atoms with Crippen molar-refractivity contribution in [3.63, 3.8) is 0 Å². The molecule has 0 aliphatic carbocycles. The molecular formula is C13H12F2N2. The van der Waals surface area contributed by atoms with E-state index in [0.29, 0.717) is 17.9 Å². The van der Waals surface area contributed by atoms with Crippen molar-refractivity contribution >= 4 is 5.82 Å². The summed E-state index contributed by atoms with van der Waals surface area (Å²) in [6.07, 6.45) is 0. The molecule has 2 nitrogen and oxygen atoms in total. The molecule has 2 aromatic rings. The highest BCUT2D eigenvalue weighted by Crippen LogP contribution is 2.14. The Bertz CT molecular complexity index is 514. The minimum Gasteiger partial charge on any atom is -0.355 e. The second kappa shape index (κ2) is 4.91. The minimum absolute atomic E-state index is 0.268. The third-order valence-electron chi connectivity index (χ3n) is 2.46. The average molecular weight is 234 g/mol. The van der Waals surface area contributed by atoms with Crippen molar-refractivity contribution in [1.82, 2.24) is 4.98 Å². The van der Waals surface area contributed by atoms with Gasteiger partial charge >= 0.3 is 0 Å². The maximum atomic E-state index is 13.4. The van der Waals surface area contributed by atoms with Gasteiger partial charge in [0.15, 0.2) is 0 Å². The molecule has 0 bridgehead atoms.